The number of rotatable bonds is 8. The van der Waals surface area contributed by atoms with E-state index in [0.29, 0.717) is 17.1 Å². The first-order valence-corrected chi connectivity index (χ1v) is 9.90. The Hall–Kier alpha value is -2.78. The molecule has 152 valence electrons. The van der Waals surface area contributed by atoms with Crippen molar-refractivity contribution >= 4 is 15.9 Å². The molecule has 0 aliphatic carbocycles. The molecule has 0 aliphatic heterocycles. The summed E-state index contributed by atoms with van der Waals surface area (Å²) in [6.07, 6.45) is 0. The van der Waals surface area contributed by atoms with E-state index >= 15 is 0 Å². The van der Waals surface area contributed by atoms with Crippen LogP contribution in [0.3, 0.4) is 0 Å². The van der Waals surface area contributed by atoms with Gasteiger partial charge in [-0.15, -0.1) is 0 Å². The van der Waals surface area contributed by atoms with Gasteiger partial charge in [-0.3, -0.25) is 4.79 Å². The average molecular weight is 408 g/mol. The van der Waals surface area contributed by atoms with Gasteiger partial charge in [0.1, 0.15) is 17.2 Å². The van der Waals surface area contributed by atoms with Gasteiger partial charge in [-0.25, -0.2) is 13.1 Å². The maximum Gasteiger partial charge on any atom is 0.254 e. The number of carbonyl (C=O) groups is 1. The monoisotopic (exact) mass is 408 g/mol. The molecule has 1 amide bonds. The fourth-order valence-electron chi connectivity index (χ4n) is 2.71. The molecule has 2 aromatic rings. The Balaban J connectivity index is 2.40. The average Bonchev–Trinajstić information content (AvgIpc) is 2.71. The summed E-state index contributed by atoms with van der Waals surface area (Å²) in [7, 11) is 1.97. The van der Waals surface area contributed by atoms with Crippen LogP contribution in [0.15, 0.2) is 41.3 Å². The van der Waals surface area contributed by atoms with E-state index in [2.05, 4.69) is 10.0 Å². The first-order valence-electron chi connectivity index (χ1n) is 8.41. The molecule has 0 fully saturated rings. The van der Waals surface area contributed by atoms with Gasteiger partial charge < -0.3 is 19.5 Å². The number of benzene rings is 2. The molecule has 0 heterocycles. The zero-order chi connectivity index (χ0) is 20.9. The lowest BCUT2D eigenvalue weighted by Gasteiger charge is -2.19. The summed E-state index contributed by atoms with van der Waals surface area (Å²) >= 11 is 0. The van der Waals surface area contributed by atoms with Crippen LogP contribution in [0.2, 0.25) is 0 Å². The quantitative estimate of drug-likeness (QED) is 0.694. The van der Waals surface area contributed by atoms with Crippen LogP contribution in [-0.2, 0) is 10.0 Å². The Morgan fingerprint density at radius 2 is 1.61 bits per heavy atom. The molecular formula is C19H24N2O6S. The summed E-state index contributed by atoms with van der Waals surface area (Å²) in [5.41, 5.74) is 0.741. The highest BCUT2D eigenvalue weighted by atomic mass is 32.2. The van der Waals surface area contributed by atoms with E-state index in [4.69, 9.17) is 14.2 Å². The van der Waals surface area contributed by atoms with Crippen molar-refractivity contribution in [3.63, 3.8) is 0 Å². The van der Waals surface area contributed by atoms with Crippen molar-refractivity contribution in [2.75, 3.05) is 28.4 Å². The predicted octanol–water partition coefficient (Wildman–Crippen LogP) is 2.11. The minimum absolute atomic E-state index is 0.0550. The molecule has 0 unspecified atom stereocenters. The van der Waals surface area contributed by atoms with Crippen molar-refractivity contribution in [3.05, 3.63) is 47.5 Å². The van der Waals surface area contributed by atoms with Crippen LogP contribution in [0.25, 0.3) is 0 Å². The van der Waals surface area contributed by atoms with Gasteiger partial charge in [0.15, 0.2) is 0 Å². The van der Waals surface area contributed by atoms with Crippen molar-refractivity contribution < 1.29 is 27.4 Å². The second kappa shape index (κ2) is 8.94. The Bertz CT molecular complexity index is 959. The van der Waals surface area contributed by atoms with Gasteiger partial charge in [-0.2, -0.15) is 0 Å². The van der Waals surface area contributed by atoms with Gasteiger partial charge in [0.25, 0.3) is 5.91 Å². The van der Waals surface area contributed by atoms with Crippen LogP contribution in [-0.4, -0.2) is 42.7 Å². The smallest absolute Gasteiger partial charge is 0.254 e. The van der Waals surface area contributed by atoms with E-state index < -0.39 is 22.0 Å². The number of carbonyl (C=O) groups excluding carboxylic acids is 1. The summed E-state index contributed by atoms with van der Waals surface area (Å²) < 4.78 is 44.0. The van der Waals surface area contributed by atoms with Gasteiger partial charge in [-0.05, 0) is 43.3 Å². The summed E-state index contributed by atoms with van der Waals surface area (Å²) in [6.45, 7) is 1.69. The lowest BCUT2D eigenvalue weighted by Crippen LogP contribution is -2.28. The number of ether oxygens (including phenoxy) is 3. The van der Waals surface area contributed by atoms with Crippen molar-refractivity contribution in [2.24, 2.45) is 0 Å². The predicted molar refractivity (Wildman–Crippen MR) is 105 cm³/mol. The molecule has 0 bridgehead atoms. The van der Waals surface area contributed by atoms with E-state index in [1.54, 1.807) is 25.1 Å². The third-order valence-electron chi connectivity index (χ3n) is 4.19. The van der Waals surface area contributed by atoms with E-state index in [0.717, 1.165) is 0 Å². The molecule has 9 heteroatoms. The van der Waals surface area contributed by atoms with E-state index in [-0.39, 0.29) is 16.2 Å². The highest BCUT2D eigenvalue weighted by Crippen LogP contribution is 2.30. The molecule has 0 spiro atoms. The summed E-state index contributed by atoms with van der Waals surface area (Å²) in [6, 6.07) is 8.61. The van der Waals surface area contributed by atoms with Crippen molar-refractivity contribution in [1.82, 2.24) is 10.0 Å². The lowest BCUT2D eigenvalue weighted by molar-refractivity contribution is 0.0960. The maximum absolute atomic E-state index is 12.9. The molecule has 0 aliphatic rings. The zero-order valence-electron chi connectivity index (χ0n) is 16.4. The summed E-state index contributed by atoms with van der Waals surface area (Å²) in [4.78, 5) is 12.0. The van der Waals surface area contributed by atoms with Crippen molar-refractivity contribution in [3.8, 4) is 17.2 Å². The molecule has 28 heavy (non-hydrogen) atoms. The molecule has 8 nitrogen and oxygen atoms in total. The molecule has 1 atom stereocenters. The maximum atomic E-state index is 12.9. The molecule has 0 aromatic heterocycles. The number of hydrogen-bond donors (Lipinski definition) is 2. The van der Waals surface area contributed by atoms with Gasteiger partial charge in [0.2, 0.25) is 10.0 Å². The molecule has 0 radical (unpaired) electrons. The summed E-state index contributed by atoms with van der Waals surface area (Å²) in [5, 5.41) is 2.46. The van der Waals surface area contributed by atoms with Crippen LogP contribution in [0.1, 0.15) is 28.9 Å². The topological polar surface area (TPSA) is 103 Å². The largest absolute Gasteiger partial charge is 0.497 e. The van der Waals surface area contributed by atoms with Gasteiger partial charge >= 0.3 is 0 Å². The SMILES string of the molecule is CNC(=O)c1cc(S(=O)(=O)N[C@@H](C)c2cc(OC)ccc2OC)ccc1OC. The number of amides is 1. The van der Waals surface area contributed by atoms with Crippen LogP contribution < -0.4 is 24.2 Å². The van der Waals surface area contributed by atoms with Crippen LogP contribution in [0.5, 0.6) is 17.2 Å². The highest BCUT2D eigenvalue weighted by Gasteiger charge is 2.23. The van der Waals surface area contributed by atoms with Crippen LogP contribution in [0, 0.1) is 0 Å². The third kappa shape index (κ3) is 4.55. The van der Waals surface area contributed by atoms with Crippen molar-refractivity contribution in [1.29, 1.82) is 0 Å². The van der Waals surface area contributed by atoms with E-state index in [9.17, 15) is 13.2 Å². The van der Waals surface area contributed by atoms with Gasteiger partial charge in [0.05, 0.1) is 31.8 Å². The van der Waals surface area contributed by atoms with Gasteiger partial charge in [0, 0.05) is 18.7 Å². The van der Waals surface area contributed by atoms with E-state index in [1.807, 2.05) is 0 Å². The second-order valence-corrected chi connectivity index (χ2v) is 7.61. The Labute approximate surface area is 164 Å². The van der Waals surface area contributed by atoms with Crippen LogP contribution in [0.4, 0.5) is 0 Å². The second-order valence-electron chi connectivity index (χ2n) is 5.89. The fraction of sp³-hybridized carbons (Fsp3) is 0.316. The number of methoxy groups -OCH3 is 3. The fourth-order valence-corrected chi connectivity index (χ4v) is 3.96. The standard InChI is InChI=1S/C19H24N2O6S/c1-12(15-10-13(25-3)6-8-17(15)26-4)21-28(23,24)14-7-9-18(27-5)16(11-14)19(22)20-2/h6-12,21H,1-5H3,(H,20,22)/t12-/m0/s1. The molecule has 2 N–H and O–H groups in total. The summed E-state index contributed by atoms with van der Waals surface area (Å²) in [5.74, 6) is 0.933. The first-order chi connectivity index (χ1) is 13.3. The minimum Gasteiger partial charge on any atom is -0.497 e. The van der Waals surface area contributed by atoms with E-state index in [1.165, 1.54) is 46.6 Å². The van der Waals surface area contributed by atoms with Gasteiger partial charge in [-0.1, -0.05) is 0 Å². The number of nitrogens with one attached hydrogen (secondary N) is 2. The zero-order valence-corrected chi connectivity index (χ0v) is 17.2. The first kappa shape index (κ1) is 21.5. The normalized spacial score (nSPS) is 12.2. The van der Waals surface area contributed by atoms with Crippen LogP contribution >= 0.6 is 0 Å². The number of sulfonamides is 1. The highest BCUT2D eigenvalue weighted by molar-refractivity contribution is 7.89. The Kier molecular flexibility index (Phi) is 6.87. The Morgan fingerprint density at radius 1 is 0.964 bits per heavy atom. The lowest BCUT2D eigenvalue weighted by atomic mass is 10.1. The molecule has 0 saturated carbocycles. The Morgan fingerprint density at radius 3 is 2.18 bits per heavy atom. The molecule has 2 aromatic carbocycles. The molecular weight excluding hydrogens is 384 g/mol. The minimum atomic E-state index is -3.92. The number of hydrogen-bond acceptors (Lipinski definition) is 6. The van der Waals surface area contributed by atoms with Crippen molar-refractivity contribution in [2.45, 2.75) is 17.9 Å². The third-order valence-corrected chi connectivity index (χ3v) is 5.73. The molecule has 2 rings (SSSR count). The molecule has 0 saturated heterocycles.